The number of nitrogens with zero attached hydrogens (tertiary/aromatic N) is 1. The largest absolute Gasteiger partial charge is 0.496 e. The number of methoxy groups -OCH3 is 1. The van der Waals surface area contributed by atoms with E-state index in [9.17, 15) is 4.79 Å². The second-order valence-corrected chi connectivity index (χ2v) is 7.09. The van der Waals surface area contributed by atoms with Crippen LogP contribution in [0.3, 0.4) is 0 Å². The van der Waals surface area contributed by atoms with Crippen LogP contribution in [0.25, 0.3) is 0 Å². The molecular weight excluding hydrogens is 332 g/mol. The van der Waals surface area contributed by atoms with Gasteiger partial charge >= 0.3 is 0 Å². The van der Waals surface area contributed by atoms with Crippen LogP contribution in [0.2, 0.25) is 0 Å². The van der Waals surface area contributed by atoms with Crippen molar-refractivity contribution in [3.63, 3.8) is 0 Å². The first-order valence-electron chi connectivity index (χ1n) is 7.70. The summed E-state index contributed by atoms with van der Waals surface area (Å²) in [4.78, 5) is 14.2. The Morgan fingerprint density at radius 3 is 2.57 bits per heavy atom. The molecule has 1 atom stereocenters. The summed E-state index contributed by atoms with van der Waals surface area (Å²) in [6, 6.07) is 4.52. The second-order valence-electron chi connectivity index (χ2n) is 5.94. The fourth-order valence-electron chi connectivity index (χ4n) is 2.93. The number of thioether (sulfide) groups is 1. The van der Waals surface area contributed by atoms with Gasteiger partial charge in [-0.15, -0.1) is 12.4 Å². The maximum absolute atomic E-state index is 12.4. The first kappa shape index (κ1) is 20.1. The molecule has 2 rings (SSSR count). The molecule has 0 bridgehead atoms. The van der Waals surface area contributed by atoms with E-state index < -0.39 is 0 Å². The van der Waals surface area contributed by atoms with Gasteiger partial charge in [-0.2, -0.15) is 11.8 Å². The Morgan fingerprint density at radius 2 is 2.04 bits per heavy atom. The molecule has 1 saturated heterocycles. The number of rotatable bonds is 5. The Bertz CT molecular complexity index is 510. The first-order valence-corrected chi connectivity index (χ1v) is 8.86. The summed E-state index contributed by atoms with van der Waals surface area (Å²) >= 11 is 1.92. The molecule has 1 unspecified atom stereocenters. The quantitative estimate of drug-likeness (QED) is 0.878. The number of hydrogen-bond acceptors (Lipinski definition) is 4. The molecule has 0 spiro atoms. The van der Waals surface area contributed by atoms with E-state index in [2.05, 4.69) is 17.4 Å². The highest BCUT2D eigenvalue weighted by molar-refractivity contribution is 7.99. The number of carbonyl (C=O) groups is 1. The summed E-state index contributed by atoms with van der Waals surface area (Å²) in [5.41, 5.74) is 3.38. The Hall–Kier alpha value is -0.910. The lowest BCUT2D eigenvalue weighted by Crippen LogP contribution is -2.41. The van der Waals surface area contributed by atoms with Crippen LogP contribution in [0, 0.1) is 13.8 Å². The third-order valence-corrected chi connectivity index (χ3v) is 5.12. The first-order chi connectivity index (χ1) is 10.5. The van der Waals surface area contributed by atoms with Crippen LogP contribution < -0.4 is 10.1 Å². The monoisotopic (exact) mass is 358 g/mol. The van der Waals surface area contributed by atoms with E-state index in [0.29, 0.717) is 19.0 Å². The number of ether oxygens (including phenoxy) is 1. The minimum absolute atomic E-state index is 0. The van der Waals surface area contributed by atoms with Crippen molar-refractivity contribution in [1.29, 1.82) is 0 Å². The van der Waals surface area contributed by atoms with Crippen LogP contribution in [0.15, 0.2) is 12.1 Å². The van der Waals surface area contributed by atoms with Gasteiger partial charge in [0.15, 0.2) is 0 Å². The highest BCUT2D eigenvalue weighted by Crippen LogP contribution is 2.25. The van der Waals surface area contributed by atoms with Gasteiger partial charge in [0.1, 0.15) is 5.75 Å². The molecule has 1 aromatic carbocycles. The molecule has 1 aromatic rings. The molecule has 0 aliphatic carbocycles. The van der Waals surface area contributed by atoms with Gasteiger partial charge < -0.3 is 15.0 Å². The van der Waals surface area contributed by atoms with Crippen LogP contribution in [-0.4, -0.2) is 49.1 Å². The van der Waals surface area contributed by atoms with Crippen molar-refractivity contribution in [1.82, 2.24) is 10.2 Å². The van der Waals surface area contributed by atoms with Crippen molar-refractivity contribution in [2.75, 3.05) is 32.2 Å². The van der Waals surface area contributed by atoms with E-state index in [4.69, 9.17) is 4.74 Å². The molecule has 1 heterocycles. The summed E-state index contributed by atoms with van der Waals surface area (Å²) in [6.45, 7) is 5.73. The van der Waals surface area contributed by atoms with Crippen molar-refractivity contribution < 1.29 is 9.53 Å². The zero-order valence-corrected chi connectivity index (χ0v) is 16.0. The molecule has 6 heteroatoms. The topological polar surface area (TPSA) is 41.6 Å². The van der Waals surface area contributed by atoms with Gasteiger partial charge in [0.2, 0.25) is 5.91 Å². The smallest absolute Gasteiger partial charge is 0.224 e. The zero-order valence-electron chi connectivity index (χ0n) is 14.3. The van der Waals surface area contributed by atoms with Crippen molar-refractivity contribution >= 4 is 30.1 Å². The molecule has 1 N–H and O–H groups in total. The highest BCUT2D eigenvalue weighted by Gasteiger charge is 2.19. The van der Waals surface area contributed by atoms with Crippen molar-refractivity contribution in [3.8, 4) is 5.75 Å². The summed E-state index contributed by atoms with van der Waals surface area (Å²) in [7, 11) is 3.58. The normalized spacial score (nSPS) is 17.3. The molecule has 1 aliphatic heterocycles. The minimum Gasteiger partial charge on any atom is -0.496 e. The van der Waals surface area contributed by atoms with Crippen molar-refractivity contribution in [3.05, 3.63) is 28.8 Å². The maximum atomic E-state index is 12.4. The molecule has 4 nitrogen and oxygen atoms in total. The molecule has 23 heavy (non-hydrogen) atoms. The lowest BCUT2D eigenvalue weighted by molar-refractivity contribution is -0.130. The van der Waals surface area contributed by atoms with Crippen LogP contribution in [0.4, 0.5) is 0 Å². The van der Waals surface area contributed by atoms with Crippen molar-refractivity contribution in [2.24, 2.45) is 0 Å². The van der Waals surface area contributed by atoms with Gasteiger partial charge in [0.25, 0.3) is 0 Å². The molecular formula is C17H27ClN2O2S. The lowest BCUT2D eigenvalue weighted by Gasteiger charge is -2.25. The summed E-state index contributed by atoms with van der Waals surface area (Å²) in [6.07, 6.45) is 0.581. The highest BCUT2D eigenvalue weighted by atomic mass is 35.5. The number of aryl methyl sites for hydroxylation is 2. The van der Waals surface area contributed by atoms with E-state index >= 15 is 0 Å². The van der Waals surface area contributed by atoms with E-state index in [1.54, 1.807) is 7.11 Å². The molecule has 0 saturated carbocycles. The zero-order chi connectivity index (χ0) is 16.1. The number of nitrogens with one attached hydrogen (secondary N) is 1. The van der Waals surface area contributed by atoms with Crippen LogP contribution >= 0.6 is 24.2 Å². The Morgan fingerprint density at radius 1 is 1.39 bits per heavy atom. The van der Waals surface area contributed by atoms with E-state index in [0.717, 1.165) is 40.5 Å². The third kappa shape index (κ3) is 5.59. The molecule has 0 aromatic heterocycles. The van der Waals surface area contributed by atoms with Gasteiger partial charge in [-0.3, -0.25) is 4.79 Å². The van der Waals surface area contributed by atoms with E-state index in [1.165, 1.54) is 0 Å². The molecule has 0 radical (unpaired) electrons. The predicted molar refractivity (Wildman–Crippen MR) is 99.9 cm³/mol. The summed E-state index contributed by atoms with van der Waals surface area (Å²) in [5, 5.41) is 3.42. The average Bonchev–Trinajstić information content (AvgIpc) is 2.48. The van der Waals surface area contributed by atoms with Gasteiger partial charge in [-0.1, -0.05) is 12.1 Å². The average molecular weight is 359 g/mol. The van der Waals surface area contributed by atoms with Crippen LogP contribution in [0.5, 0.6) is 5.75 Å². The number of halogens is 1. The van der Waals surface area contributed by atoms with Crippen LogP contribution in [-0.2, 0) is 11.3 Å². The lowest BCUT2D eigenvalue weighted by atomic mass is 10.1. The number of carbonyl (C=O) groups excluding carboxylic acids is 1. The van der Waals surface area contributed by atoms with Crippen LogP contribution in [0.1, 0.15) is 23.1 Å². The molecule has 1 fully saturated rings. The van der Waals surface area contributed by atoms with E-state index in [1.807, 2.05) is 37.6 Å². The van der Waals surface area contributed by atoms with Crippen molar-refractivity contribution in [2.45, 2.75) is 32.9 Å². The maximum Gasteiger partial charge on any atom is 0.224 e. The Labute approximate surface area is 149 Å². The molecule has 130 valence electrons. The number of amides is 1. The standard InChI is InChI=1S/C17H26N2O2S.ClH/c1-12-7-14(8-13(2)17(12)21-4)10-19(3)16(20)9-15-11-22-6-5-18-15;/h7-8,15,18H,5-6,9-11H2,1-4H3;1H. The predicted octanol–water partition coefficient (Wildman–Crippen LogP) is 2.79. The molecule has 1 aliphatic rings. The summed E-state index contributed by atoms with van der Waals surface area (Å²) < 4.78 is 5.39. The Balaban J connectivity index is 0.00000264. The number of hydrogen-bond donors (Lipinski definition) is 1. The van der Waals surface area contributed by atoms with Gasteiger partial charge in [-0.25, -0.2) is 0 Å². The number of benzene rings is 1. The minimum atomic E-state index is 0. The van der Waals surface area contributed by atoms with Gasteiger partial charge in [-0.05, 0) is 30.5 Å². The summed E-state index contributed by atoms with van der Waals surface area (Å²) in [5.74, 6) is 3.30. The third-order valence-electron chi connectivity index (χ3n) is 3.99. The Kier molecular flexibility index (Phi) is 8.23. The van der Waals surface area contributed by atoms with Gasteiger partial charge in [0, 0.05) is 44.1 Å². The fourth-order valence-corrected chi connectivity index (χ4v) is 3.88. The van der Waals surface area contributed by atoms with Gasteiger partial charge in [0.05, 0.1) is 7.11 Å². The molecule has 1 amide bonds. The second kappa shape index (κ2) is 9.40. The van der Waals surface area contributed by atoms with E-state index in [-0.39, 0.29) is 18.3 Å². The SMILES string of the molecule is COc1c(C)cc(CN(C)C(=O)CC2CSCCN2)cc1C.Cl. The fraction of sp³-hybridized carbons (Fsp3) is 0.588.